The maximum absolute atomic E-state index is 15.0. The zero-order valence-electron chi connectivity index (χ0n) is 29.3. The van der Waals surface area contributed by atoms with Crippen molar-refractivity contribution in [2.45, 2.75) is 204 Å². The van der Waals surface area contributed by atoms with Crippen molar-refractivity contribution < 1.29 is 44.5 Å². The van der Waals surface area contributed by atoms with Crippen LogP contribution in [0.2, 0.25) is 0 Å². The van der Waals surface area contributed by atoms with Gasteiger partial charge in [-0.05, 0) is 25.3 Å². The molecule has 0 aromatic rings. The third kappa shape index (κ3) is 19.4. The first-order chi connectivity index (χ1) is 22.3. The van der Waals surface area contributed by atoms with Crippen LogP contribution in [0.1, 0.15) is 162 Å². The van der Waals surface area contributed by atoms with Gasteiger partial charge < -0.3 is 40.1 Å². The van der Waals surface area contributed by atoms with Crippen LogP contribution in [0.15, 0.2) is 11.9 Å². The van der Waals surface area contributed by atoms with Crippen LogP contribution in [-0.4, -0.2) is 86.8 Å². The van der Waals surface area contributed by atoms with Crippen molar-refractivity contribution in [1.29, 1.82) is 0 Å². The van der Waals surface area contributed by atoms with E-state index in [-0.39, 0.29) is 18.9 Å². The Hall–Kier alpha value is -0.650. The lowest BCUT2D eigenvalue weighted by Gasteiger charge is -2.40. The van der Waals surface area contributed by atoms with Gasteiger partial charge >= 0.3 is 0 Å². The first-order valence-electron chi connectivity index (χ1n) is 18.9. The zero-order chi connectivity index (χ0) is 34.0. The molecule has 0 aromatic carbocycles. The largest absolute Gasteiger partial charge is 0.394 e. The van der Waals surface area contributed by atoms with Gasteiger partial charge in [-0.3, -0.25) is 0 Å². The third-order valence-corrected chi connectivity index (χ3v) is 9.40. The van der Waals surface area contributed by atoms with E-state index in [0.29, 0.717) is 12.8 Å². The van der Waals surface area contributed by atoms with Crippen LogP contribution in [0.3, 0.4) is 0 Å². The molecule has 0 bridgehead atoms. The van der Waals surface area contributed by atoms with Crippen molar-refractivity contribution in [2.75, 3.05) is 13.2 Å². The Morgan fingerprint density at radius 2 is 1.13 bits per heavy atom. The molecule has 8 nitrogen and oxygen atoms in total. The molecule has 274 valence electrons. The average Bonchev–Trinajstić information content (AvgIpc) is 3.05. The van der Waals surface area contributed by atoms with E-state index in [0.717, 1.165) is 44.9 Å². The minimum atomic E-state index is -1.60. The van der Waals surface area contributed by atoms with E-state index in [1.165, 1.54) is 89.5 Å². The summed E-state index contributed by atoms with van der Waals surface area (Å²) >= 11 is 0. The summed E-state index contributed by atoms with van der Waals surface area (Å²) in [6, 6.07) is 0. The van der Waals surface area contributed by atoms with Crippen LogP contribution >= 0.6 is 0 Å². The van der Waals surface area contributed by atoms with Gasteiger partial charge in [-0.25, -0.2) is 4.39 Å². The van der Waals surface area contributed by atoms with Crippen LogP contribution in [0.5, 0.6) is 0 Å². The second-order valence-corrected chi connectivity index (χ2v) is 13.6. The molecule has 1 heterocycles. The number of hydrogen-bond acceptors (Lipinski definition) is 8. The first-order valence-corrected chi connectivity index (χ1v) is 18.9. The maximum atomic E-state index is 15.0. The lowest BCUT2D eigenvalue weighted by Crippen LogP contribution is -2.59. The van der Waals surface area contributed by atoms with E-state index in [4.69, 9.17) is 9.47 Å². The summed E-state index contributed by atoms with van der Waals surface area (Å²) in [5.74, 6) is -1.31. The molecule has 0 spiro atoms. The molecular formula is C37H71FO8. The second-order valence-electron chi connectivity index (χ2n) is 13.6. The highest BCUT2D eigenvalue weighted by atomic mass is 19.1. The number of allylic oxidation sites excluding steroid dienone is 1. The molecule has 1 saturated heterocycles. The Bertz CT molecular complexity index is 723. The van der Waals surface area contributed by atoms with E-state index >= 15 is 4.39 Å². The third-order valence-electron chi connectivity index (χ3n) is 9.40. The molecule has 6 N–H and O–H groups in total. The molecule has 1 rings (SSSR count). The normalized spacial score (nSPS) is 24.3. The van der Waals surface area contributed by atoms with Crippen molar-refractivity contribution in [3.8, 4) is 0 Å². The molecule has 9 heteroatoms. The van der Waals surface area contributed by atoms with Gasteiger partial charge in [0, 0.05) is 5.92 Å². The molecule has 46 heavy (non-hydrogen) atoms. The molecular weight excluding hydrogens is 591 g/mol. The van der Waals surface area contributed by atoms with Crippen molar-refractivity contribution in [3.05, 3.63) is 11.9 Å². The van der Waals surface area contributed by atoms with E-state index in [1.54, 1.807) is 0 Å². The summed E-state index contributed by atoms with van der Waals surface area (Å²) in [6.45, 7) is 3.55. The maximum Gasteiger partial charge on any atom is 0.186 e. The summed E-state index contributed by atoms with van der Waals surface area (Å²) in [6.07, 6.45) is 16.6. The smallest absolute Gasteiger partial charge is 0.186 e. The Morgan fingerprint density at radius 1 is 0.674 bits per heavy atom. The monoisotopic (exact) mass is 663 g/mol. The lowest BCUT2D eigenvalue weighted by atomic mass is 9.93. The van der Waals surface area contributed by atoms with Crippen LogP contribution in [-0.2, 0) is 9.47 Å². The van der Waals surface area contributed by atoms with Crippen LogP contribution in [0, 0.1) is 5.92 Å². The predicted molar refractivity (Wildman–Crippen MR) is 182 cm³/mol. The average molecular weight is 663 g/mol. The molecule has 1 aliphatic rings. The van der Waals surface area contributed by atoms with E-state index < -0.39 is 55.4 Å². The van der Waals surface area contributed by atoms with Gasteiger partial charge in [0.1, 0.15) is 24.4 Å². The fraction of sp³-hybridized carbons (Fsp3) is 0.946. The minimum Gasteiger partial charge on any atom is -0.394 e. The summed E-state index contributed by atoms with van der Waals surface area (Å²) in [7, 11) is 0. The van der Waals surface area contributed by atoms with Crippen LogP contribution in [0.25, 0.3) is 0 Å². The quantitative estimate of drug-likeness (QED) is 0.0452. The Kier molecular flexibility index (Phi) is 26.6. The number of hydrogen-bond donors (Lipinski definition) is 6. The molecule has 0 amide bonds. The second kappa shape index (κ2) is 28.2. The van der Waals surface area contributed by atoms with Gasteiger partial charge in [0.15, 0.2) is 6.29 Å². The Balaban J connectivity index is 2.56. The van der Waals surface area contributed by atoms with Crippen LogP contribution in [0.4, 0.5) is 4.39 Å². The van der Waals surface area contributed by atoms with Gasteiger partial charge in [0.25, 0.3) is 0 Å². The standard InChI is InChI=1S/C37H71FO8/c1-3-5-7-9-11-13-14-15-17-19-21-23-25-31(40)33(41)29(26-30(38)24-22-20-18-16-12-10-8-6-4-2)28-45-37-36(44)35(43)34(42)32(27-39)46-37/h26,29,31-37,39-44H,3-25,27-28H2,1-2H3/b30-26+/t29-,31+,32?,33-,34?,35?,36?,37?/m0/s1. The van der Waals surface area contributed by atoms with Gasteiger partial charge in [0.05, 0.1) is 31.2 Å². The summed E-state index contributed by atoms with van der Waals surface area (Å²) in [4.78, 5) is 0. The fourth-order valence-electron chi connectivity index (χ4n) is 6.23. The highest BCUT2D eigenvalue weighted by Crippen LogP contribution is 2.26. The van der Waals surface area contributed by atoms with E-state index in [1.807, 2.05) is 0 Å². The number of aliphatic hydroxyl groups is 6. The van der Waals surface area contributed by atoms with Gasteiger partial charge in [0.2, 0.25) is 0 Å². The zero-order valence-corrected chi connectivity index (χ0v) is 29.3. The summed E-state index contributed by atoms with van der Waals surface area (Å²) < 4.78 is 26.1. The Morgan fingerprint density at radius 3 is 1.61 bits per heavy atom. The van der Waals surface area contributed by atoms with Crippen LogP contribution < -0.4 is 0 Å². The van der Waals surface area contributed by atoms with Gasteiger partial charge in [-0.2, -0.15) is 0 Å². The number of unbranched alkanes of at least 4 members (excludes halogenated alkanes) is 19. The first kappa shape index (κ1) is 43.4. The summed E-state index contributed by atoms with van der Waals surface area (Å²) in [5.41, 5.74) is 0. The number of ether oxygens (including phenoxy) is 2. The summed E-state index contributed by atoms with van der Waals surface area (Å²) in [5, 5.41) is 61.8. The lowest BCUT2D eigenvalue weighted by molar-refractivity contribution is -0.303. The van der Waals surface area contributed by atoms with Crippen molar-refractivity contribution in [3.63, 3.8) is 0 Å². The molecule has 0 radical (unpaired) electrons. The minimum absolute atomic E-state index is 0.230. The van der Waals surface area contributed by atoms with Crippen molar-refractivity contribution in [1.82, 2.24) is 0 Å². The van der Waals surface area contributed by atoms with Gasteiger partial charge in [-0.15, -0.1) is 0 Å². The molecule has 0 aromatic heterocycles. The van der Waals surface area contributed by atoms with Gasteiger partial charge in [-0.1, -0.05) is 142 Å². The topological polar surface area (TPSA) is 140 Å². The SMILES string of the molecule is CCCCCCCCCCCCCC[C@@H](O)[C@@H](O)[C@@H](/C=C(/F)CCCCCCCCCCC)COC1OC(CO)C(O)C(O)C1O. The van der Waals surface area contributed by atoms with E-state index in [9.17, 15) is 30.6 Å². The predicted octanol–water partition coefficient (Wildman–Crippen LogP) is 7.01. The molecule has 5 unspecified atom stereocenters. The van der Waals surface area contributed by atoms with Crippen molar-refractivity contribution >= 4 is 0 Å². The molecule has 1 aliphatic heterocycles. The highest BCUT2D eigenvalue weighted by Gasteiger charge is 2.44. The Labute approximate surface area is 279 Å². The molecule has 8 atom stereocenters. The van der Waals surface area contributed by atoms with E-state index in [2.05, 4.69) is 13.8 Å². The number of aliphatic hydroxyl groups excluding tert-OH is 6. The van der Waals surface area contributed by atoms with Crippen molar-refractivity contribution in [2.24, 2.45) is 5.92 Å². The highest BCUT2D eigenvalue weighted by molar-refractivity contribution is 5.00. The molecule has 0 saturated carbocycles. The number of rotatable bonds is 30. The molecule has 1 fully saturated rings. The number of halogens is 1. The molecule has 0 aliphatic carbocycles. The fourth-order valence-corrected chi connectivity index (χ4v) is 6.23.